The Labute approximate surface area is 736 Å². The normalized spacial score (nSPS) is 11.2. The molecule has 21 rings (SSSR count). The second-order valence-corrected chi connectivity index (χ2v) is 31.7. The van der Waals surface area contributed by atoms with Crippen molar-refractivity contribution in [3.05, 3.63) is 504 Å². The zero-order chi connectivity index (χ0) is 83.9. The van der Waals surface area contributed by atoms with Crippen LogP contribution in [0.1, 0.15) is 0 Å². The van der Waals surface area contributed by atoms with E-state index >= 15 is 0 Å². The van der Waals surface area contributed by atoms with Crippen LogP contribution < -0.4 is 0 Å². The first-order valence-corrected chi connectivity index (χ1v) is 43.1. The van der Waals surface area contributed by atoms with E-state index in [1.165, 1.54) is 0 Å². The third kappa shape index (κ3) is 14.7. The lowest BCUT2D eigenvalue weighted by Crippen LogP contribution is -2.03. The van der Waals surface area contributed by atoms with Crippen molar-refractivity contribution >= 4 is 0 Å². The predicted octanol–water partition coefficient (Wildman–Crippen LogP) is 33.2. The standard InChI is InChI=1S/C123H83N3/c1-16-46-84(47-17-1)106-109(87-52-22-4-23-53-87)115(93-64-34-10-35-65-93)121(116(94-66-36-11-37-67-94)110(106)88-54-24-5-25-55-88)99-76-78-102(124-82-99)104-80-101(123-119(97-72-42-14-43-73-97)113(91-60-30-8-31-61-91)108(86-50-20-3-21-51-86)114(92-62-32-9-33-63-92)120(123)98-74-44-15-45-75-98)81-105(126-104)103-79-77-100(83-125-103)122-117(95-68-38-12-39-69-95)111(89-56-26-6-27-57-89)107(85-48-18-2-19-49-85)112(90-58-28-7-29-59-90)118(122)96-70-40-13-41-71-96/h1-83H. The molecule has 3 heterocycles. The van der Waals surface area contributed by atoms with Gasteiger partial charge in [0.1, 0.15) is 0 Å². The molecule has 0 N–H and O–H groups in total. The molecule has 590 valence electrons. The highest BCUT2D eigenvalue weighted by atomic mass is 14.8. The van der Waals surface area contributed by atoms with Crippen molar-refractivity contribution in [1.82, 2.24) is 15.0 Å². The minimum atomic E-state index is 0.669. The molecule has 3 aromatic heterocycles. The molecule has 0 saturated carbocycles. The van der Waals surface area contributed by atoms with Gasteiger partial charge in [0.25, 0.3) is 0 Å². The second kappa shape index (κ2) is 34.9. The molecule has 0 aliphatic carbocycles. The molecule has 18 aromatic carbocycles. The van der Waals surface area contributed by atoms with Gasteiger partial charge in [0.15, 0.2) is 0 Å². The van der Waals surface area contributed by atoms with E-state index in [1.54, 1.807) is 0 Å². The van der Waals surface area contributed by atoms with Crippen LogP contribution in [0.2, 0.25) is 0 Å². The molecule has 126 heavy (non-hydrogen) atoms. The van der Waals surface area contributed by atoms with E-state index < -0.39 is 0 Å². The van der Waals surface area contributed by atoms with Gasteiger partial charge >= 0.3 is 0 Å². The number of rotatable bonds is 20. The van der Waals surface area contributed by atoms with Crippen LogP contribution in [-0.2, 0) is 0 Å². The summed E-state index contributed by atoms with van der Waals surface area (Å²) in [4.78, 5) is 17.7. The SMILES string of the molecule is c1ccc(-c2c(-c3ccccc3)c(-c3ccccc3)c(-c3ccc(-c4cc(-c5c(-c6ccccc6)c(-c6ccccc6)c(-c6ccccc6)c(-c6ccccc6)c5-c5ccccc5)cc(-c5ccc(-c6c(-c7ccccc7)c(-c7ccccc7)c(-c7ccccc7)c(-c7ccccc7)c6-c6ccccc6)cn5)n4)nc3)c(-c3ccccc3)c2-c2ccccc2)cc1. The summed E-state index contributed by atoms with van der Waals surface area (Å²) in [5.41, 5.74) is 41.7. The highest BCUT2D eigenvalue weighted by molar-refractivity contribution is 6.19. The number of hydrogen-bond donors (Lipinski definition) is 0. The zero-order valence-electron chi connectivity index (χ0n) is 69.3. The van der Waals surface area contributed by atoms with E-state index in [0.717, 1.165) is 200 Å². The topological polar surface area (TPSA) is 38.7 Å². The van der Waals surface area contributed by atoms with Crippen molar-refractivity contribution in [1.29, 1.82) is 0 Å². The molecule has 0 spiro atoms. The molecule has 0 unspecified atom stereocenters. The van der Waals surface area contributed by atoms with E-state index in [0.29, 0.717) is 22.8 Å². The minimum absolute atomic E-state index is 0.669. The van der Waals surface area contributed by atoms with E-state index in [2.05, 4.69) is 504 Å². The fourth-order valence-corrected chi connectivity index (χ4v) is 18.8. The van der Waals surface area contributed by atoms with E-state index in [1.807, 2.05) is 0 Å². The van der Waals surface area contributed by atoms with Crippen LogP contribution in [0.25, 0.3) is 223 Å². The summed E-state index contributed by atoms with van der Waals surface area (Å²) in [6.07, 6.45) is 4.20. The van der Waals surface area contributed by atoms with Gasteiger partial charge in [-0.2, -0.15) is 0 Å². The molecular weight excluding hydrogens is 1520 g/mol. The smallest absolute Gasteiger partial charge is 0.0900 e. The Bertz CT molecular complexity index is 6750. The Morgan fingerprint density at radius 3 is 0.333 bits per heavy atom. The van der Waals surface area contributed by atoms with Crippen molar-refractivity contribution < 1.29 is 0 Å². The molecule has 0 fully saturated rings. The Morgan fingerprint density at radius 2 is 0.214 bits per heavy atom. The molecule has 0 bridgehead atoms. The quantitative estimate of drug-likeness (QED) is 0.0763. The summed E-state index contributed by atoms with van der Waals surface area (Å²) in [5, 5.41) is 0. The van der Waals surface area contributed by atoms with Gasteiger partial charge in [-0.15, -0.1) is 0 Å². The third-order valence-corrected chi connectivity index (χ3v) is 24.2. The van der Waals surface area contributed by atoms with Crippen molar-refractivity contribution in [2.75, 3.05) is 0 Å². The van der Waals surface area contributed by atoms with Crippen LogP contribution in [0.4, 0.5) is 0 Å². The summed E-state index contributed by atoms with van der Waals surface area (Å²) in [7, 11) is 0. The summed E-state index contributed by atoms with van der Waals surface area (Å²) >= 11 is 0. The largest absolute Gasteiger partial charge is 0.254 e. The minimum Gasteiger partial charge on any atom is -0.254 e. The number of hydrogen-bond acceptors (Lipinski definition) is 3. The number of aromatic nitrogens is 3. The van der Waals surface area contributed by atoms with Gasteiger partial charge in [0.05, 0.1) is 22.8 Å². The molecule has 0 aliphatic rings. The van der Waals surface area contributed by atoms with Crippen LogP contribution in [0.5, 0.6) is 0 Å². The molecular formula is C123H83N3. The molecule has 0 saturated heterocycles. The fourth-order valence-electron chi connectivity index (χ4n) is 18.8. The maximum Gasteiger partial charge on any atom is 0.0900 e. The highest BCUT2D eigenvalue weighted by Gasteiger charge is 2.35. The summed E-state index contributed by atoms with van der Waals surface area (Å²) < 4.78 is 0. The van der Waals surface area contributed by atoms with E-state index in [4.69, 9.17) is 15.0 Å². The van der Waals surface area contributed by atoms with Crippen LogP contribution in [0.15, 0.2) is 504 Å². The monoisotopic (exact) mass is 1600 g/mol. The zero-order valence-corrected chi connectivity index (χ0v) is 69.3. The maximum atomic E-state index is 5.98. The number of pyridine rings is 3. The van der Waals surface area contributed by atoms with Gasteiger partial charge < -0.3 is 0 Å². The number of nitrogens with zero attached hydrogens (tertiary/aromatic N) is 3. The number of benzene rings is 18. The van der Waals surface area contributed by atoms with Gasteiger partial charge in [0.2, 0.25) is 0 Å². The predicted molar refractivity (Wildman–Crippen MR) is 529 cm³/mol. The van der Waals surface area contributed by atoms with Gasteiger partial charge in [0, 0.05) is 34.6 Å². The second-order valence-electron chi connectivity index (χ2n) is 31.7. The van der Waals surface area contributed by atoms with Crippen LogP contribution >= 0.6 is 0 Å². The Balaban J connectivity index is 0.880. The summed E-state index contributed by atoms with van der Waals surface area (Å²) in [6.45, 7) is 0. The van der Waals surface area contributed by atoms with E-state index in [9.17, 15) is 0 Å². The lowest BCUT2D eigenvalue weighted by molar-refractivity contribution is 1.22. The van der Waals surface area contributed by atoms with Gasteiger partial charge in [-0.1, -0.05) is 467 Å². The molecule has 0 amide bonds. The van der Waals surface area contributed by atoms with Crippen molar-refractivity contribution in [3.63, 3.8) is 0 Å². The third-order valence-electron chi connectivity index (χ3n) is 24.2. The van der Waals surface area contributed by atoms with Crippen LogP contribution in [0.3, 0.4) is 0 Å². The lowest BCUT2D eigenvalue weighted by Gasteiger charge is -2.29. The van der Waals surface area contributed by atoms with Gasteiger partial charge in [-0.05, 0) is 202 Å². The molecule has 3 nitrogen and oxygen atoms in total. The Kier molecular flexibility index (Phi) is 21.2. The molecule has 0 aliphatic heterocycles. The van der Waals surface area contributed by atoms with Crippen molar-refractivity contribution in [2.45, 2.75) is 0 Å². The average molecular weight is 1600 g/mol. The van der Waals surface area contributed by atoms with Crippen LogP contribution in [0, 0.1) is 0 Å². The molecule has 3 heteroatoms. The highest BCUT2D eigenvalue weighted by Crippen LogP contribution is 2.61. The Morgan fingerprint density at radius 1 is 0.0952 bits per heavy atom. The first-order valence-electron chi connectivity index (χ1n) is 43.1. The molecule has 21 aromatic rings. The molecule has 0 atom stereocenters. The Hall–Kier alpha value is -16.6. The first kappa shape index (κ1) is 76.8. The van der Waals surface area contributed by atoms with Crippen LogP contribution in [-0.4, -0.2) is 15.0 Å². The van der Waals surface area contributed by atoms with E-state index in [-0.39, 0.29) is 0 Å². The summed E-state index contributed by atoms with van der Waals surface area (Å²) in [6, 6.07) is 178. The first-order chi connectivity index (χ1) is 62.6. The van der Waals surface area contributed by atoms with Crippen molar-refractivity contribution in [2.24, 2.45) is 0 Å². The molecule has 0 radical (unpaired) electrons. The summed E-state index contributed by atoms with van der Waals surface area (Å²) in [5.74, 6) is 0. The maximum absolute atomic E-state index is 5.98. The fraction of sp³-hybridized carbons (Fsp3) is 0. The van der Waals surface area contributed by atoms with Gasteiger partial charge in [-0.25, -0.2) is 4.98 Å². The van der Waals surface area contributed by atoms with Gasteiger partial charge in [-0.3, -0.25) is 9.97 Å². The average Bonchev–Trinajstić information content (AvgIpc) is 0.724. The lowest BCUT2D eigenvalue weighted by atomic mass is 9.74. The van der Waals surface area contributed by atoms with Crippen molar-refractivity contribution in [3.8, 4) is 223 Å².